The number of nitrogens with two attached hydrogens (primary N) is 2. The van der Waals surface area contributed by atoms with E-state index in [-0.39, 0.29) is 5.91 Å². The fraction of sp³-hybridized carbons (Fsp3) is 0.900. The Morgan fingerprint density at radius 3 is 2.57 bits per heavy atom. The zero-order valence-electron chi connectivity index (χ0n) is 9.31. The minimum absolute atomic E-state index is 0.0589. The molecule has 0 spiro atoms. The molecule has 0 saturated carbocycles. The van der Waals surface area contributed by atoms with Crippen molar-refractivity contribution in [3.63, 3.8) is 0 Å². The van der Waals surface area contributed by atoms with Gasteiger partial charge in [0.1, 0.15) is 0 Å². The van der Waals surface area contributed by atoms with Crippen LogP contribution >= 0.6 is 0 Å². The van der Waals surface area contributed by atoms with E-state index >= 15 is 0 Å². The zero-order chi connectivity index (χ0) is 11.0. The van der Waals surface area contributed by atoms with Gasteiger partial charge in [-0.25, -0.2) is 0 Å². The molecule has 0 aliphatic rings. The van der Waals surface area contributed by atoms with Crippen molar-refractivity contribution in [2.75, 3.05) is 13.1 Å². The molecule has 0 heterocycles. The van der Waals surface area contributed by atoms with Gasteiger partial charge in [0.15, 0.2) is 0 Å². The average molecular weight is 201 g/mol. The van der Waals surface area contributed by atoms with E-state index in [1.807, 2.05) is 6.92 Å². The van der Waals surface area contributed by atoms with Crippen molar-refractivity contribution in [2.24, 2.45) is 11.5 Å². The quantitative estimate of drug-likeness (QED) is 0.520. The Morgan fingerprint density at radius 1 is 1.43 bits per heavy atom. The lowest BCUT2D eigenvalue weighted by molar-refractivity contribution is -0.126. The molecule has 0 saturated heterocycles. The predicted octanol–water partition coefficient (Wildman–Crippen LogP) is 0.359. The predicted molar refractivity (Wildman–Crippen MR) is 58.8 cm³/mol. The highest BCUT2D eigenvalue weighted by Crippen LogP contribution is 2.08. The van der Waals surface area contributed by atoms with Crippen LogP contribution in [0.15, 0.2) is 0 Å². The van der Waals surface area contributed by atoms with Crippen molar-refractivity contribution >= 4 is 5.91 Å². The van der Waals surface area contributed by atoms with E-state index in [1.54, 1.807) is 6.92 Å². The third-order valence-electron chi connectivity index (χ3n) is 2.20. The van der Waals surface area contributed by atoms with Gasteiger partial charge in [0, 0.05) is 6.54 Å². The van der Waals surface area contributed by atoms with Gasteiger partial charge in [0.25, 0.3) is 0 Å². The number of hydrogen-bond donors (Lipinski definition) is 3. The molecule has 1 amide bonds. The Labute approximate surface area is 86.4 Å². The molecule has 84 valence electrons. The SMILES string of the molecule is CCCC(C)(N)C(=O)NCCCCN. The Balaban J connectivity index is 3.71. The topological polar surface area (TPSA) is 81.1 Å². The Hall–Kier alpha value is -0.610. The number of carbonyl (C=O) groups is 1. The summed E-state index contributed by atoms with van der Waals surface area (Å²) in [6.45, 7) is 5.14. The lowest BCUT2D eigenvalue weighted by atomic mass is 9.96. The largest absolute Gasteiger partial charge is 0.355 e. The number of hydrogen-bond acceptors (Lipinski definition) is 3. The first kappa shape index (κ1) is 13.4. The molecule has 4 heteroatoms. The molecule has 14 heavy (non-hydrogen) atoms. The molecule has 0 aliphatic carbocycles. The lowest BCUT2D eigenvalue weighted by Gasteiger charge is -2.22. The van der Waals surface area contributed by atoms with Crippen molar-refractivity contribution in [3.8, 4) is 0 Å². The van der Waals surface area contributed by atoms with Crippen molar-refractivity contribution in [1.29, 1.82) is 0 Å². The van der Waals surface area contributed by atoms with Gasteiger partial charge in [0.2, 0.25) is 5.91 Å². The first-order valence-electron chi connectivity index (χ1n) is 5.32. The fourth-order valence-electron chi connectivity index (χ4n) is 1.31. The van der Waals surface area contributed by atoms with Crippen LogP contribution in [0.4, 0.5) is 0 Å². The molecule has 0 aromatic carbocycles. The minimum atomic E-state index is -0.725. The van der Waals surface area contributed by atoms with Gasteiger partial charge in [-0.1, -0.05) is 13.3 Å². The normalized spacial score (nSPS) is 14.9. The van der Waals surface area contributed by atoms with Gasteiger partial charge < -0.3 is 16.8 Å². The number of unbranched alkanes of at least 4 members (excludes halogenated alkanes) is 1. The molecule has 1 atom stereocenters. The summed E-state index contributed by atoms with van der Waals surface area (Å²) in [6, 6.07) is 0. The molecule has 0 fully saturated rings. The Bertz CT molecular complexity index is 169. The first-order valence-corrected chi connectivity index (χ1v) is 5.32. The maximum absolute atomic E-state index is 11.6. The smallest absolute Gasteiger partial charge is 0.239 e. The second-order valence-electron chi connectivity index (χ2n) is 3.92. The van der Waals surface area contributed by atoms with Crippen molar-refractivity contribution in [1.82, 2.24) is 5.32 Å². The van der Waals surface area contributed by atoms with E-state index in [0.29, 0.717) is 13.1 Å². The van der Waals surface area contributed by atoms with Gasteiger partial charge in [0.05, 0.1) is 5.54 Å². The van der Waals surface area contributed by atoms with Crippen molar-refractivity contribution in [2.45, 2.75) is 45.1 Å². The minimum Gasteiger partial charge on any atom is -0.355 e. The van der Waals surface area contributed by atoms with E-state index < -0.39 is 5.54 Å². The molecule has 0 aromatic rings. The monoisotopic (exact) mass is 201 g/mol. The van der Waals surface area contributed by atoms with Crippen LogP contribution in [0.25, 0.3) is 0 Å². The van der Waals surface area contributed by atoms with Gasteiger partial charge in [-0.15, -0.1) is 0 Å². The number of rotatable bonds is 7. The van der Waals surface area contributed by atoms with Gasteiger partial charge in [-0.05, 0) is 32.7 Å². The third kappa shape index (κ3) is 5.19. The van der Waals surface area contributed by atoms with Gasteiger partial charge in [-0.2, -0.15) is 0 Å². The summed E-state index contributed by atoms with van der Waals surface area (Å²) in [5.74, 6) is -0.0589. The van der Waals surface area contributed by atoms with Crippen LogP contribution in [0.2, 0.25) is 0 Å². The summed E-state index contributed by atoms with van der Waals surface area (Å²) < 4.78 is 0. The molecular weight excluding hydrogens is 178 g/mol. The molecule has 0 aromatic heterocycles. The summed E-state index contributed by atoms with van der Waals surface area (Å²) in [4.78, 5) is 11.6. The van der Waals surface area contributed by atoms with E-state index in [9.17, 15) is 4.79 Å². The second kappa shape index (κ2) is 6.79. The van der Waals surface area contributed by atoms with Crippen LogP contribution in [0, 0.1) is 0 Å². The molecular formula is C10H23N3O. The standard InChI is InChI=1S/C10H23N3O/c1-3-6-10(2,12)9(14)13-8-5-4-7-11/h3-8,11-12H2,1-2H3,(H,13,14). The van der Waals surface area contributed by atoms with Crippen molar-refractivity contribution < 1.29 is 4.79 Å². The Morgan fingerprint density at radius 2 is 2.07 bits per heavy atom. The number of carbonyl (C=O) groups excluding carboxylic acids is 1. The first-order chi connectivity index (χ1) is 6.54. The lowest BCUT2D eigenvalue weighted by Crippen LogP contribution is -2.51. The van der Waals surface area contributed by atoms with Crippen LogP contribution in [0.5, 0.6) is 0 Å². The summed E-state index contributed by atoms with van der Waals surface area (Å²) >= 11 is 0. The summed E-state index contributed by atoms with van der Waals surface area (Å²) in [5.41, 5.74) is 10.5. The van der Waals surface area contributed by atoms with E-state index in [0.717, 1.165) is 25.7 Å². The zero-order valence-corrected chi connectivity index (χ0v) is 9.31. The third-order valence-corrected chi connectivity index (χ3v) is 2.20. The van der Waals surface area contributed by atoms with Gasteiger partial charge in [-0.3, -0.25) is 4.79 Å². The summed E-state index contributed by atoms with van der Waals surface area (Å²) in [7, 11) is 0. The highest BCUT2D eigenvalue weighted by Gasteiger charge is 2.26. The molecule has 0 bridgehead atoms. The highest BCUT2D eigenvalue weighted by atomic mass is 16.2. The fourth-order valence-corrected chi connectivity index (χ4v) is 1.31. The molecule has 5 N–H and O–H groups in total. The molecule has 1 unspecified atom stereocenters. The van der Waals surface area contributed by atoms with Gasteiger partial charge >= 0.3 is 0 Å². The van der Waals surface area contributed by atoms with Crippen molar-refractivity contribution in [3.05, 3.63) is 0 Å². The number of nitrogens with one attached hydrogen (secondary N) is 1. The average Bonchev–Trinajstić information content (AvgIpc) is 2.12. The summed E-state index contributed by atoms with van der Waals surface area (Å²) in [6.07, 6.45) is 3.50. The summed E-state index contributed by atoms with van der Waals surface area (Å²) in [5, 5.41) is 2.82. The maximum atomic E-state index is 11.6. The highest BCUT2D eigenvalue weighted by molar-refractivity contribution is 5.85. The number of amides is 1. The Kier molecular flexibility index (Phi) is 6.49. The van der Waals surface area contributed by atoms with E-state index in [1.165, 1.54) is 0 Å². The van der Waals surface area contributed by atoms with E-state index in [2.05, 4.69) is 5.32 Å². The van der Waals surface area contributed by atoms with Crippen LogP contribution in [-0.4, -0.2) is 24.5 Å². The second-order valence-corrected chi connectivity index (χ2v) is 3.92. The maximum Gasteiger partial charge on any atom is 0.239 e. The molecule has 0 radical (unpaired) electrons. The molecule has 0 aliphatic heterocycles. The van der Waals surface area contributed by atoms with Crippen LogP contribution in [-0.2, 0) is 4.79 Å². The molecule has 4 nitrogen and oxygen atoms in total. The molecule has 0 rings (SSSR count). The van der Waals surface area contributed by atoms with Crippen LogP contribution in [0.1, 0.15) is 39.5 Å². The van der Waals surface area contributed by atoms with Crippen LogP contribution in [0.3, 0.4) is 0 Å². The van der Waals surface area contributed by atoms with Crippen LogP contribution < -0.4 is 16.8 Å². The van der Waals surface area contributed by atoms with E-state index in [4.69, 9.17) is 11.5 Å².